The molecule has 188 valence electrons. The van der Waals surface area contributed by atoms with Gasteiger partial charge in [0.15, 0.2) is 5.65 Å². The fraction of sp³-hybridized carbons (Fsp3) is 0.423. The minimum Gasteiger partial charge on any atom is -0.466 e. The summed E-state index contributed by atoms with van der Waals surface area (Å²) in [6.45, 7) is 8.99. The first-order valence-electron chi connectivity index (χ1n) is 12.3. The number of carbonyl (C=O) groups is 2. The largest absolute Gasteiger partial charge is 0.466 e. The van der Waals surface area contributed by atoms with Crippen molar-refractivity contribution in [1.82, 2.24) is 34.8 Å². The molecule has 5 heterocycles. The topological polar surface area (TPSA) is 111 Å². The summed E-state index contributed by atoms with van der Waals surface area (Å²) in [6.07, 6.45) is 6.35. The zero-order valence-corrected chi connectivity index (χ0v) is 21.3. The molecular weight excluding hydrogens is 458 g/mol. The quantitative estimate of drug-likeness (QED) is 0.458. The van der Waals surface area contributed by atoms with E-state index < -0.39 is 0 Å². The van der Waals surface area contributed by atoms with E-state index in [-0.39, 0.29) is 23.9 Å². The Bertz CT molecular complexity index is 1440. The molecule has 0 aromatic carbocycles. The molecule has 1 aliphatic rings. The molecule has 10 heteroatoms. The first-order chi connectivity index (χ1) is 17.2. The summed E-state index contributed by atoms with van der Waals surface area (Å²) in [5.41, 5.74) is 3.37. The Kier molecular flexibility index (Phi) is 6.11. The molecule has 0 unspecified atom stereocenters. The van der Waals surface area contributed by atoms with Gasteiger partial charge in [0.25, 0.3) is 11.8 Å². The molecule has 5 rings (SSSR count). The van der Waals surface area contributed by atoms with Crippen LogP contribution in [0.2, 0.25) is 0 Å². The van der Waals surface area contributed by atoms with Crippen molar-refractivity contribution in [3.05, 3.63) is 53.4 Å². The number of fused-ring (bicyclic) bond motifs is 1. The molecule has 1 saturated heterocycles. The number of hydrogen-bond donors (Lipinski definition) is 1. The second-order valence-corrected chi connectivity index (χ2v) is 9.74. The molecule has 4 aromatic rings. The number of nitrogens with one attached hydrogen (secondary N) is 1. The molecule has 1 N–H and O–H groups in total. The molecule has 0 bridgehead atoms. The van der Waals surface area contributed by atoms with E-state index in [2.05, 4.69) is 15.5 Å². The van der Waals surface area contributed by atoms with Gasteiger partial charge >= 0.3 is 0 Å². The zero-order valence-electron chi connectivity index (χ0n) is 21.3. The van der Waals surface area contributed by atoms with Gasteiger partial charge in [-0.15, -0.1) is 0 Å². The predicted octanol–water partition coefficient (Wildman–Crippen LogP) is 3.66. The number of aromatic nitrogens is 5. The normalized spacial score (nSPS) is 14.7. The first kappa shape index (κ1) is 23.8. The van der Waals surface area contributed by atoms with Gasteiger partial charge in [-0.05, 0) is 52.7 Å². The lowest BCUT2D eigenvalue weighted by Gasteiger charge is -2.32. The minimum absolute atomic E-state index is 0.00928. The maximum Gasteiger partial charge on any atom is 0.254 e. The van der Waals surface area contributed by atoms with Gasteiger partial charge in [0.1, 0.15) is 11.5 Å². The van der Waals surface area contributed by atoms with Crippen molar-refractivity contribution in [3.63, 3.8) is 0 Å². The predicted molar refractivity (Wildman–Crippen MR) is 135 cm³/mol. The Morgan fingerprint density at radius 1 is 1.11 bits per heavy atom. The van der Waals surface area contributed by atoms with Gasteiger partial charge in [-0.2, -0.15) is 10.2 Å². The summed E-state index contributed by atoms with van der Waals surface area (Å²) in [5.74, 6) is 1.37. The van der Waals surface area contributed by atoms with Crippen LogP contribution in [0.4, 0.5) is 0 Å². The van der Waals surface area contributed by atoms with Crippen LogP contribution in [0, 0.1) is 13.8 Å². The molecule has 1 aliphatic heterocycles. The lowest BCUT2D eigenvalue weighted by molar-refractivity contribution is 0.0700. The second-order valence-electron chi connectivity index (χ2n) is 9.74. The van der Waals surface area contributed by atoms with E-state index in [0.29, 0.717) is 48.4 Å². The number of likely N-dealkylation sites (tertiary alicyclic amines) is 1. The maximum atomic E-state index is 13.8. The van der Waals surface area contributed by atoms with E-state index in [1.165, 1.54) is 0 Å². The Balaban J connectivity index is 1.39. The summed E-state index contributed by atoms with van der Waals surface area (Å²) in [7, 11) is 1.78. The van der Waals surface area contributed by atoms with Crippen LogP contribution in [0.5, 0.6) is 0 Å². The van der Waals surface area contributed by atoms with Gasteiger partial charge in [-0.25, -0.2) is 9.67 Å². The summed E-state index contributed by atoms with van der Waals surface area (Å²) in [5, 5.41) is 12.4. The standard InChI is InChI=1S/C26H31N7O3/c1-15(2)33-24-22(13-28-33)21(11-23(30-24)20-10-16(3)36-17(20)4)26(35)32-8-6-19(7-9-32)29-25(34)18-12-27-31(5)14-18/h10-15,19H,6-9H2,1-5H3,(H,29,34). The highest BCUT2D eigenvalue weighted by Gasteiger charge is 2.28. The van der Waals surface area contributed by atoms with Crippen molar-refractivity contribution in [3.8, 4) is 11.3 Å². The van der Waals surface area contributed by atoms with E-state index in [1.54, 1.807) is 30.3 Å². The third-order valence-electron chi connectivity index (χ3n) is 6.69. The minimum atomic E-state index is -0.139. The van der Waals surface area contributed by atoms with Crippen LogP contribution in [0.3, 0.4) is 0 Å². The lowest BCUT2D eigenvalue weighted by atomic mass is 10.0. The molecule has 10 nitrogen and oxygen atoms in total. The van der Waals surface area contributed by atoms with Crippen LogP contribution in [-0.2, 0) is 7.05 Å². The van der Waals surface area contributed by atoms with Crippen molar-refractivity contribution >= 4 is 22.8 Å². The van der Waals surface area contributed by atoms with Crippen LogP contribution in [0.25, 0.3) is 22.3 Å². The van der Waals surface area contributed by atoms with Gasteiger partial charge in [0.2, 0.25) is 0 Å². The zero-order chi connectivity index (χ0) is 25.6. The smallest absolute Gasteiger partial charge is 0.254 e. The first-order valence-corrected chi connectivity index (χ1v) is 12.3. The number of aryl methyl sites for hydroxylation is 3. The molecule has 0 radical (unpaired) electrons. The lowest BCUT2D eigenvalue weighted by Crippen LogP contribution is -2.46. The summed E-state index contributed by atoms with van der Waals surface area (Å²) >= 11 is 0. The van der Waals surface area contributed by atoms with Crippen molar-refractivity contribution in [2.75, 3.05) is 13.1 Å². The number of carbonyl (C=O) groups excluding carboxylic acids is 2. The molecule has 36 heavy (non-hydrogen) atoms. The Morgan fingerprint density at radius 3 is 2.47 bits per heavy atom. The Hall–Kier alpha value is -3.95. The number of furan rings is 1. The number of nitrogens with zero attached hydrogens (tertiary/aromatic N) is 6. The highest BCUT2D eigenvalue weighted by molar-refractivity contribution is 6.06. The molecule has 1 fully saturated rings. The molecule has 0 atom stereocenters. The number of piperidine rings is 1. The molecule has 0 spiro atoms. The molecular formula is C26H31N7O3. The van der Waals surface area contributed by atoms with Crippen LogP contribution in [0.15, 0.2) is 35.1 Å². The van der Waals surface area contributed by atoms with Crippen LogP contribution >= 0.6 is 0 Å². The van der Waals surface area contributed by atoms with Crippen molar-refractivity contribution < 1.29 is 14.0 Å². The van der Waals surface area contributed by atoms with Gasteiger partial charge in [0, 0.05) is 44.0 Å². The highest BCUT2D eigenvalue weighted by Crippen LogP contribution is 2.31. The van der Waals surface area contributed by atoms with Crippen molar-refractivity contribution in [1.29, 1.82) is 0 Å². The summed E-state index contributed by atoms with van der Waals surface area (Å²) in [4.78, 5) is 33.0. The Morgan fingerprint density at radius 2 is 1.86 bits per heavy atom. The van der Waals surface area contributed by atoms with Crippen LogP contribution in [-0.4, -0.2) is 60.4 Å². The van der Waals surface area contributed by atoms with Crippen molar-refractivity contribution in [2.45, 2.75) is 52.6 Å². The monoisotopic (exact) mass is 489 g/mol. The third-order valence-corrected chi connectivity index (χ3v) is 6.69. The average molecular weight is 490 g/mol. The van der Waals surface area contributed by atoms with E-state index in [1.807, 2.05) is 49.4 Å². The van der Waals surface area contributed by atoms with E-state index in [0.717, 1.165) is 22.5 Å². The number of hydrogen-bond acceptors (Lipinski definition) is 6. The number of pyridine rings is 1. The fourth-order valence-corrected chi connectivity index (χ4v) is 4.80. The third kappa shape index (κ3) is 4.38. The molecule has 2 amide bonds. The Labute approximate surface area is 209 Å². The second kappa shape index (κ2) is 9.25. The van der Waals surface area contributed by atoms with E-state index in [4.69, 9.17) is 9.40 Å². The van der Waals surface area contributed by atoms with E-state index >= 15 is 0 Å². The van der Waals surface area contributed by atoms with E-state index in [9.17, 15) is 9.59 Å². The maximum absolute atomic E-state index is 13.8. The average Bonchev–Trinajstić information content (AvgIpc) is 3.56. The van der Waals surface area contributed by atoms with Gasteiger partial charge in [0.05, 0.1) is 34.6 Å². The van der Waals surface area contributed by atoms with Gasteiger partial charge in [-0.1, -0.05) is 0 Å². The number of amides is 2. The summed E-state index contributed by atoms with van der Waals surface area (Å²) in [6, 6.07) is 3.91. The fourth-order valence-electron chi connectivity index (χ4n) is 4.80. The molecule has 0 saturated carbocycles. The van der Waals surface area contributed by atoms with Gasteiger partial charge < -0.3 is 14.6 Å². The summed E-state index contributed by atoms with van der Waals surface area (Å²) < 4.78 is 9.19. The van der Waals surface area contributed by atoms with Crippen LogP contribution < -0.4 is 5.32 Å². The highest BCUT2D eigenvalue weighted by atomic mass is 16.3. The molecule has 4 aromatic heterocycles. The SMILES string of the molecule is Cc1cc(-c2cc(C(=O)N3CCC(NC(=O)c4cnn(C)c4)CC3)c3cnn(C(C)C)c3n2)c(C)o1. The van der Waals surface area contributed by atoms with Crippen LogP contribution in [0.1, 0.15) is 65.0 Å². The van der Waals surface area contributed by atoms with Crippen molar-refractivity contribution in [2.24, 2.45) is 7.05 Å². The number of rotatable bonds is 5. The van der Waals surface area contributed by atoms with Gasteiger partial charge in [-0.3, -0.25) is 14.3 Å². The molecule has 0 aliphatic carbocycles.